The lowest BCUT2D eigenvalue weighted by Gasteiger charge is -2.47. The zero-order valence-corrected chi connectivity index (χ0v) is 15.7. The van der Waals surface area contributed by atoms with Crippen LogP contribution >= 0.6 is 0 Å². The summed E-state index contributed by atoms with van der Waals surface area (Å²) in [6.07, 6.45) is 1.39. The summed E-state index contributed by atoms with van der Waals surface area (Å²) in [5.41, 5.74) is 1.38. The molecule has 0 bridgehead atoms. The molecule has 27 heavy (non-hydrogen) atoms. The predicted octanol–water partition coefficient (Wildman–Crippen LogP) is 3.61. The molecule has 0 spiro atoms. The number of esters is 1. The molecule has 0 aromatic heterocycles. The summed E-state index contributed by atoms with van der Waals surface area (Å²) in [5.74, 6) is 0.456. The molecule has 1 aliphatic heterocycles. The third-order valence-corrected chi connectivity index (χ3v) is 5.25. The van der Waals surface area contributed by atoms with E-state index in [1.165, 1.54) is 0 Å². The van der Waals surface area contributed by atoms with E-state index in [9.17, 15) is 9.59 Å². The van der Waals surface area contributed by atoms with Crippen molar-refractivity contribution in [3.8, 4) is 5.75 Å². The number of hydrogen-bond acceptors (Lipinski definition) is 4. The minimum atomic E-state index is -0.445. The maximum Gasteiger partial charge on any atom is 0.310 e. The smallest absolute Gasteiger partial charge is 0.310 e. The van der Waals surface area contributed by atoms with Crippen LogP contribution in [0.2, 0.25) is 0 Å². The van der Waals surface area contributed by atoms with Crippen LogP contribution in [0.15, 0.2) is 54.6 Å². The lowest BCUT2D eigenvalue weighted by Crippen LogP contribution is -2.69. The van der Waals surface area contributed by atoms with Crippen molar-refractivity contribution in [2.24, 2.45) is 5.41 Å². The Morgan fingerprint density at radius 2 is 1.67 bits per heavy atom. The highest BCUT2D eigenvalue weighted by Crippen LogP contribution is 2.39. The van der Waals surface area contributed by atoms with Gasteiger partial charge in [0.15, 0.2) is 6.23 Å². The topological polar surface area (TPSA) is 64.6 Å². The molecule has 1 aliphatic rings. The van der Waals surface area contributed by atoms with Crippen molar-refractivity contribution in [1.29, 1.82) is 0 Å². The summed E-state index contributed by atoms with van der Waals surface area (Å²) in [7, 11) is 0. The molecule has 5 heteroatoms. The van der Waals surface area contributed by atoms with Crippen LogP contribution in [0.1, 0.15) is 37.8 Å². The Bertz CT molecular complexity index is 782. The normalized spacial score (nSPS) is 17.6. The standard InChI is InChI=1S/C22H25NO4/c1-3-22(4-2)20(25)23-21(22)27-18-12-10-16(11-13-18)14-19(24)26-15-17-8-6-5-7-9-17/h5-13,21H,3-4,14-15H2,1-2H3,(H,23,25). The molecule has 1 heterocycles. The molecule has 1 unspecified atom stereocenters. The minimum Gasteiger partial charge on any atom is -0.470 e. The fraction of sp³-hybridized carbons (Fsp3) is 0.364. The largest absolute Gasteiger partial charge is 0.470 e. The Morgan fingerprint density at radius 1 is 1.00 bits per heavy atom. The number of rotatable bonds is 8. The molecule has 1 fully saturated rings. The Hall–Kier alpha value is -2.82. The number of carbonyl (C=O) groups excluding carboxylic acids is 2. The fourth-order valence-corrected chi connectivity index (χ4v) is 3.30. The summed E-state index contributed by atoms with van der Waals surface area (Å²) < 4.78 is 11.2. The zero-order chi connectivity index (χ0) is 19.3. The van der Waals surface area contributed by atoms with Crippen molar-refractivity contribution in [2.45, 2.75) is 45.9 Å². The molecule has 3 rings (SSSR count). The van der Waals surface area contributed by atoms with Crippen LogP contribution in [0.3, 0.4) is 0 Å². The van der Waals surface area contributed by atoms with Crippen molar-refractivity contribution < 1.29 is 19.1 Å². The summed E-state index contributed by atoms with van der Waals surface area (Å²) >= 11 is 0. The van der Waals surface area contributed by atoms with Crippen molar-refractivity contribution in [2.75, 3.05) is 0 Å². The number of amides is 1. The Balaban J connectivity index is 1.51. The molecule has 1 atom stereocenters. The minimum absolute atomic E-state index is 0.0512. The highest BCUT2D eigenvalue weighted by atomic mass is 16.5. The van der Waals surface area contributed by atoms with E-state index in [1.807, 2.05) is 68.4 Å². The van der Waals surface area contributed by atoms with Crippen molar-refractivity contribution in [1.82, 2.24) is 5.32 Å². The van der Waals surface area contributed by atoms with E-state index in [2.05, 4.69) is 5.32 Å². The lowest BCUT2D eigenvalue weighted by atomic mass is 9.73. The summed E-state index contributed by atoms with van der Waals surface area (Å²) in [5, 5.41) is 2.83. The predicted molar refractivity (Wildman–Crippen MR) is 102 cm³/mol. The van der Waals surface area contributed by atoms with Gasteiger partial charge in [-0.1, -0.05) is 56.3 Å². The van der Waals surface area contributed by atoms with Gasteiger partial charge < -0.3 is 14.8 Å². The number of ether oxygens (including phenoxy) is 2. The van der Waals surface area contributed by atoms with Gasteiger partial charge >= 0.3 is 5.97 Å². The van der Waals surface area contributed by atoms with Gasteiger partial charge in [-0.25, -0.2) is 0 Å². The lowest BCUT2D eigenvalue weighted by molar-refractivity contribution is -0.161. The number of carbonyl (C=O) groups is 2. The van der Waals surface area contributed by atoms with Gasteiger partial charge in [0.25, 0.3) is 0 Å². The van der Waals surface area contributed by atoms with Gasteiger partial charge in [0.2, 0.25) is 5.91 Å². The number of β-lactam (4-membered cyclic amide) rings is 1. The summed E-state index contributed by atoms with van der Waals surface area (Å²) in [4.78, 5) is 23.9. The summed E-state index contributed by atoms with van der Waals surface area (Å²) in [6, 6.07) is 16.9. The first-order valence-corrected chi connectivity index (χ1v) is 9.33. The first kappa shape index (κ1) is 19.0. The van der Waals surface area contributed by atoms with Gasteiger partial charge in [0.1, 0.15) is 17.8 Å². The molecule has 1 saturated heterocycles. The maximum atomic E-state index is 12.0. The third kappa shape index (κ3) is 4.13. The van der Waals surface area contributed by atoms with Gasteiger partial charge in [0, 0.05) is 0 Å². The van der Waals surface area contributed by atoms with E-state index in [0.29, 0.717) is 5.75 Å². The van der Waals surface area contributed by atoms with E-state index >= 15 is 0 Å². The average Bonchev–Trinajstić information content (AvgIpc) is 2.69. The summed E-state index contributed by atoms with van der Waals surface area (Å²) in [6.45, 7) is 4.28. The van der Waals surface area contributed by atoms with Crippen LogP contribution in [0.4, 0.5) is 0 Å². The number of hydrogen-bond donors (Lipinski definition) is 1. The SMILES string of the molecule is CCC1(CC)C(=O)NC1Oc1ccc(CC(=O)OCc2ccccc2)cc1. The molecule has 1 amide bonds. The molecule has 0 radical (unpaired) electrons. The fourth-order valence-electron chi connectivity index (χ4n) is 3.30. The van der Waals surface area contributed by atoms with Crippen LogP contribution in [0.25, 0.3) is 0 Å². The zero-order valence-electron chi connectivity index (χ0n) is 15.7. The number of benzene rings is 2. The van der Waals surface area contributed by atoms with E-state index in [0.717, 1.165) is 24.0 Å². The maximum absolute atomic E-state index is 12.0. The Kier molecular flexibility index (Phi) is 5.79. The first-order chi connectivity index (χ1) is 13.1. The van der Waals surface area contributed by atoms with Gasteiger partial charge in [0.05, 0.1) is 6.42 Å². The van der Waals surface area contributed by atoms with E-state index in [-0.39, 0.29) is 31.1 Å². The van der Waals surface area contributed by atoms with Crippen molar-refractivity contribution in [3.63, 3.8) is 0 Å². The van der Waals surface area contributed by atoms with Crippen LogP contribution in [0.5, 0.6) is 5.75 Å². The van der Waals surface area contributed by atoms with Gasteiger partial charge in [-0.3, -0.25) is 9.59 Å². The van der Waals surface area contributed by atoms with Crippen LogP contribution in [-0.4, -0.2) is 18.1 Å². The quantitative estimate of drug-likeness (QED) is 0.572. The monoisotopic (exact) mass is 367 g/mol. The molecule has 2 aromatic rings. The first-order valence-electron chi connectivity index (χ1n) is 9.33. The second kappa shape index (κ2) is 8.25. The molecule has 0 aliphatic carbocycles. The average molecular weight is 367 g/mol. The Morgan fingerprint density at radius 3 is 2.26 bits per heavy atom. The van der Waals surface area contributed by atoms with Crippen LogP contribution in [-0.2, 0) is 27.4 Å². The van der Waals surface area contributed by atoms with E-state index in [4.69, 9.17) is 9.47 Å². The van der Waals surface area contributed by atoms with Crippen LogP contribution < -0.4 is 10.1 Å². The molecular formula is C22H25NO4. The second-order valence-electron chi connectivity index (χ2n) is 6.80. The molecule has 2 aromatic carbocycles. The van der Waals surface area contributed by atoms with Crippen molar-refractivity contribution >= 4 is 11.9 Å². The Labute approximate surface area is 159 Å². The highest BCUT2D eigenvalue weighted by Gasteiger charge is 2.54. The third-order valence-electron chi connectivity index (χ3n) is 5.25. The van der Waals surface area contributed by atoms with Gasteiger partial charge in [-0.15, -0.1) is 0 Å². The molecule has 142 valence electrons. The molecular weight excluding hydrogens is 342 g/mol. The molecule has 0 saturated carbocycles. The van der Waals surface area contributed by atoms with E-state index in [1.54, 1.807) is 0 Å². The van der Waals surface area contributed by atoms with Crippen molar-refractivity contribution in [3.05, 3.63) is 65.7 Å². The highest BCUT2D eigenvalue weighted by molar-refractivity contribution is 5.89. The number of nitrogens with one attached hydrogen (secondary N) is 1. The van der Waals surface area contributed by atoms with E-state index < -0.39 is 5.41 Å². The van der Waals surface area contributed by atoms with Gasteiger partial charge in [-0.05, 0) is 36.1 Å². The van der Waals surface area contributed by atoms with Gasteiger partial charge in [-0.2, -0.15) is 0 Å². The van der Waals surface area contributed by atoms with Crippen LogP contribution in [0, 0.1) is 5.41 Å². The second-order valence-corrected chi connectivity index (χ2v) is 6.80. The molecule has 1 N–H and O–H groups in total. The molecule has 5 nitrogen and oxygen atoms in total.